The number of hydrogen-bond donors (Lipinski definition) is 1. The predicted octanol–water partition coefficient (Wildman–Crippen LogP) is 2.65. The molecule has 2 aromatic rings. The first-order valence-corrected chi connectivity index (χ1v) is 8.05. The van der Waals surface area contributed by atoms with E-state index in [4.69, 9.17) is 4.74 Å². The molecule has 0 radical (unpaired) electrons. The smallest absolute Gasteiger partial charge is 0.240 e. The topological polar surface area (TPSA) is 56.2 Å². The van der Waals surface area contributed by atoms with Gasteiger partial charge in [0.15, 0.2) is 0 Å². The van der Waals surface area contributed by atoms with Crippen molar-refractivity contribution in [3.63, 3.8) is 0 Å². The minimum absolute atomic E-state index is 0.120. The Morgan fingerprint density at radius 2 is 2.23 bits per heavy atom. The largest absolute Gasteiger partial charge is 0.476 e. The Labute approximate surface area is 130 Å². The Balaban J connectivity index is 1.39. The summed E-state index contributed by atoms with van der Waals surface area (Å²) >= 11 is 0. The lowest BCUT2D eigenvalue weighted by Crippen LogP contribution is -2.24. The van der Waals surface area contributed by atoms with E-state index in [1.165, 1.54) is 12.8 Å². The van der Waals surface area contributed by atoms with Crippen molar-refractivity contribution in [3.05, 3.63) is 24.3 Å². The number of benzene rings is 1. The fourth-order valence-corrected chi connectivity index (χ4v) is 2.60. The van der Waals surface area contributed by atoms with Crippen molar-refractivity contribution in [2.24, 2.45) is 13.0 Å². The van der Waals surface area contributed by atoms with Gasteiger partial charge < -0.3 is 10.1 Å². The molecule has 0 bridgehead atoms. The van der Waals surface area contributed by atoms with E-state index in [-0.39, 0.29) is 5.91 Å². The number of aryl methyl sites for hydroxylation is 1. The average Bonchev–Trinajstić information content (AvgIpc) is 3.29. The molecular formula is C17H23N3O2. The van der Waals surface area contributed by atoms with Gasteiger partial charge in [-0.05, 0) is 30.9 Å². The third kappa shape index (κ3) is 3.78. The third-order valence-corrected chi connectivity index (χ3v) is 4.08. The number of fused-ring (bicyclic) bond motifs is 1. The first-order chi connectivity index (χ1) is 10.7. The van der Waals surface area contributed by atoms with Crippen LogP contribution < -0.4 is 10.1 Å². The van der Waals surface area contributed by atoms with E-state index in [1.54, 1.807) is 0 Å². The van der Waals surface area contributed by atoms with Crippen LogP contribution in [0.1, 0.15) is 32.1 Å². The third-order valence-electron chi connectivity index (χ3n) is 4.08. The van der Waals surface area contributed by atoms with Crippen molar-refractivity contribution in [1.29, 1.82) is 0 Å². The Morgan fingerprint density at radius 1 is 1.41 bits per heavy atom. The zero-order chi connectivity index (χ0) is 15.4. The van der Waals surface area contributed by atoms with Crippen molar-refractivity contribution >= 4 is 16.8 Å². The van der Waals surface area contributed by atoms with Crippen LogP contribution in [0.3, 0.4) is 0 Å². The first kappa shape index (κ1) is 14.9. The summed E-state index contributed by atoms with van der Waals surface area (Å²) in [5.74, 6) is 1.63. The maximum absolute atomic E-state index is 11.7. The molecule has 5 nitrogen and oxygen atoms in total. The molecular weight excluding hydrogens is 278 g/mol. The molecule has 0 unspecified atom stereocenters. The molecule has 1 fully saturated rings. The van der Waals surface area contributed by atoms with Gasteiger partial charge in [-0.2, -0.15) is 0 Å². The van der Waals surface area contributed by atoms with Gasteiger partial charge in [0, 0.05) is 20.0 Å². The highest BCUT2D eigenvalue weighted by Gasteiger charge is 2.20. The van der Waals surface area contributed by atoms with Crippen LogP contribution in [-0.4, -0.2) is 28.8 Å². The van der Waals surface area contributed by atoms with Crippen LogP contribution in [0.25, 0.3) is 10.9 Å². The molecule has 1 N–H and O–H groups in total. The Bertz CT molecular complexity index is 646. The Hall–Kier alpha value is -2.04. The molecule has 5 heteroatoms. The number of nitrogens with zero attached hydrogens (tertiary/aromatic N) is 2. The van der Waals surface area contributed by atoms with Crippen LogP contribution in [0.15, 0.2) is 24.3 Å². The van der Waals surface area contributed by atoms with Crippen molar-refractivity contribution in [3.8, 4) is 5.88 Å². The molecule has 1 saturated carbocycles. The number of nitrogens with one attached hydrogen (secondary N) is 1. The van der Waals surface area contributed by atoms with E-state index in [0.717, 1.165) is 29.8 Å². The Morgan fingerprint density at radius 3 is 3.05 bits per heavy atom. The summed E-state index contributed by atoms with van der Waals surface area (Å²) in [4.78, 5) is 11.7. The van der Waals surface area contributed by atoms with Gasteiger partial charge in [0.05, 0.1) is 17.5 Å². The molecule has 0 spiro atoms. The first-order valence-electron chi connectivity index (χ1n) is 8.05. The molecule has 22 heavy (non-hydrogen) atoms. The average molecular weight is 301 g/mol. The molecule has 1 aliphatic carbocycles. The fraction of sp³-hybridized carbons (Fsp3) is 0.529. The summed E-state index contributed by atoms with van der Waals surface area (Å²) in [5, 5.41) is 8.36. The van der Waals surface area contributed by atoms with E-state index in [1.807, 2.05) is 36.0 Å². The van der Waals surface area contributed by atoms with Gasteiger partial charge >= 0.3 is 0 Å². The molecule has 1 aromatic carbocycles. The fourth-order valence-electron chi connectivity index (χ4n) is 2.60. The molecule has 3 rings (SSSR count). The highest BCUT2D eigenvalue weighted by molar-refractivity contribution is 5.84. The lowest BCUT2D eigenvalue weighted by Gasteiger charge is -2.05. The Kier molecular flexibility index (Phi) is 4.61. The number of carbonyl (C=O) groups is 1. The summed E-state index contributed by atoms with van der Waals surface area (Å²) in [6, 6.07) is 7.98. The number of ether oxygens (including phenoxy) is 1. The van der Waals surface area contributed by atoms with Crippen LogP contribution in [0, 0.1) is 5.92 Å². The lowest BCUT2D eigenvalue weighted by molar-refractivity contribution is -0.121. The normalized spacial score (nSPS) is 14.2. The van der Waals surface area contributed by atoms with E-state index in [0.29, 0.717) is 25.3 Å². The van der Waals surface area contributed by atoms with Gasteiger partial charge in [-0.3, -0.25) is 9.48 Å². The van der Waals surface area contributed by atoms with Crippen molar-refractivity contribution < 1.29 is 9.53 Å². The lowest BCUT2D eigenvalue weighted by atomic mass is 10.2. The molecule has 1 heterocycles. The zero-order valence-electron chi connectivity index (χ0n) is 13.0. The molecule has 0 atom stereocenters. The number of rotatable bonds is 8. The predicted molar refractivity (Wildman–Crippen MR) is 85.8 cm³/mol. The van der Waals surface area contributed by atoms with Crippen molar-refractivity contribution in [1.82, 2.24) is 15.1 Å². The highest BCUT2D eigenvalue weighted by Crippen LogP contribution is 2.31. The number of amides is 1. The van der Waals surface area contributed by atoms with Crippen LogP contribution in [-0.2, 0) is 11.8 Å². The molecule has 118 valence electrons. The second-order valence-corrected chi connectivity index (χ2v) is 5.98. The van der Waals surface area contributed by atoms with E-state index in [2.05, 4.69) is 10.4 Å². The molecule has 1 aromatic heterocycles. The number of hydrogen-bond acceptors (Lipinski definition) is 3. The minimum Gasteiger partial charge on any atom is -0.476 e. The quantitative estimate of drug-likeness (QED) is 0.763. The number of para-hydroxylation sites is 1. The van der Waals surface area contributed by atoms with Gasteiger partial charge in [-0.1, -0.05) is 25.0 Å². The zero-order valence-corrected chi connectivity index (χ0v) is 13.0. The number of carbonyl (C=O) groups excluding carboxylic acids is 1. The minimum atomic E-state index is 0.120. The van der Waals surface area contributed by atoms with Gasteiger partial charge in [0.1, 0.15) is 0 Å². The second kappa shape index (κ2) is 6.81. The van der Waals surface area contributed by atoms with E-state index >= 15 is 0 Å². The second-order valence-electron chi connectivity index (χ2n) is 5.98. The SMILES string of the molecule is Cn1nc(OCCCC(=O)NCCC2CC2)c2ccccc21. The highest BCUT2D eigenvalue weighted by atomic mass is 16.5. The van der Waals surface area contributed by atoms with Crippen LogP contribution >= 0.6 is 0 Å². The van der Waals surface area contributed by atoms with Gasteiger partial charge in [0.25, 0.3) is 0 Å². The van der Waals surface area contributed by atoms with Crippen LogP contribution in [0.5, 0.6) is 5.88 Å². The van der Waals surface area contributed by atoms with Gasteiger partial charge in [-0.15, -0.1) is 5.10 Å². The monoisotopic (exact) mass is 301 g/mol. The van der Waals surface area contributed by atoms with Gasteiger partial charge in [-0.25, -0.2) is 0 Å². The van der Waals surface area contributed by atoms with Crippen molar-refractivity contribution in [2.75, 3.05) is 13.2 Å². The maximum atomic E-state index is 11.7. The standard InChI is InChI=1S/C17H23N3O2/c1-20-15-6-3-2-5-14(15)17(19-20)22-12-4-7-16(21)18-11-10-13-8-9-13/h2-3,5-6,13H,4,7-12H2,1H3,(H,18,21). The number of aromatic nitrogens is 2. The maximum Gasteiger partial charge on any atom is 0.240 e. The molecule has 0 saturated heterocycles. The summed E-state index contributed by atoms with van der Waals surface area (Å²) in [5.41, 5.74) is 1.05. The van der Waals surface area contributed by atoms with Crippen LogP contribution in [0.2, 0.25) is 0 Å². The van der Waals surface area contributed by atoms with E-state index in [9.17, 15) is 4.79 Å². The van der Waals surface area contributed by atoms with Crippen molar-refractivity contribution in [2.45, 2.75) is 32.1 Å². The molecule has 1 aliphatic rings. The van der Waals surface area contributed by atoms with E-state index < -0.39 is 0 Å². The summed E-state index contributed by atoms with van der Waals surface area (Å²) in [6.07, 6.45) is 5.02. The molecule has 0 aliphatic heterocycles. The summed E-state index contributed by atoms with van der Waals surface area (Å²) < 4.78 is 7.55. The molecule has 1 amide bonds. The summed E-state index contributed by atoms with van der Waals surface area (Å²) in [7, 11) is 1.91. The summed E-state index contributed by atoms with van der Waals surface area (Å²) in [6.45, 7) is 1.33. The van der Waals surface area contributed by atoms with Crippen LogP contribution in [0.4, 0.5) is 0 Å². The van der Waals surface area contributed by atoms with Gasteiger partial charge in [0.2, 0.25) is 11.8 Å².